The van der Waals surface area contributed by atoms with E-state index in [1.165, 1.54) is 5.56 Å². The van der Waals surface area contributed by atoms with Gasteiger partial charge in [-0.25, -0.2) is 0 Å². The first kappa shape index (κ1) is 15.5. The summed E-state index contributed by atoms with van der Waals surface area (Å²) in [5, 5.41) is 6.62. The Morgan fingerprint density at radius 3 is 2.81 bits per heavy atom. The smallest absolute Gasteiger partial charge is 0.231 e. The predicted octanol–water partition coefficient (Wildman–Crippen LogP) is 2.17. The Kier molecular flexibility index (Phi) is 5.72. The molecule has 1 heterocycles. The molecule has 2 N–H and O–H groups in total. The van der Waals surface area contributed by atoms with Gasteiger partial charge in [-0.1, -0.05) is 19.9 Å². The average molecular weight is 291 g/mol. The number of hydrogen-bond donors (Lipinski definition) is 2. The van der Waals surface area contributed by atoms with Crippen molar-refractivity contribution in [2.75, 3.05) is 26.4 Å². The Morgan fingerprint density at radius 2 is 2.05 bits per heavy atom. The van der Waals surface area contributed by atoms with Crippen LogP contribution in [0, 0.1) is 5.92 Å². The maximum absolute atomic E-state index is 5.39. The molecule has 0 spiro atoms. The summed E-state index contributed by atoms with van der Waals surface area (Å²) in [6.07, 6.45) is 0.919. The van der Waals surface area contributed by atoms with Gasteiger partial charge in [0.1, 0.15) is 0 Å². The first-order chi connectivity index (χ1) is 10.2. The molecule has 0 aliphatic carbocycles. The molecule has 0 amide bonds. The SMILES string of the molecule is CCNC(=NCC(C)C)NCCc1ccc2c(c1)OCO2. The molecule has 5 heteroatoms. The quantitative estimate of drug-likeness (QED) is 0.623. The van der Waals surface area contributed by atoms with Gasteiger partial charge in [-0.05, 0) is 37.0 Å². The van der Waals surface area contributed by atoms with Crippen molar-refractivity contribution < 1.29 is 9.47 Å². The molecule has 0 atom stereocenters. The van der Waals surface area contributed by atoms with Gasteiger partial charge in [-0.15, -0.1) is 0 Å². The molecule has 0 bridgehead atoms. The zero-order valence-electron chi connectivity index (χ0n) is 13.1. The minimum Gasteiger partial charge on any atom is -0.454 e. The number of aliphatic imine (C=N–C) groups is 1. The molecule has 1 aliphatic rings. The van der Waals surface area contributed by atoms with E-state index in [4.69, 9.17) is 9.47 Å². The van der Waals surface area contributed by atoms with Gasteiger partial charge in [-0.2, -0.15) is 0 Å². The summed E-state index contributed by atoms with van der Waals surface area (Å²) in [7, 11) is 0. The van der Waals surface area contributed by atoms with Crippen molar-refractivity contribution in [1.82, 2.24) is 10.6 Å². The maximum atomic E-state index is 5.39. The molecular weight excluding hydrogens is 266 g/mol. The molecule has 1 aromatic rings. The van der Waals surface area contributed by atoms with Crippen LogP contribution in [0.1, 0.15) is 26.3 Å². The molecule has 1 aliphatic heterocycles. The molecule has 0 unspecified atom stereocenters. The van der Waals surface area contributed by atoms with E-state index in [9.17, 15) is 0 Å². The van der Waals surface area contributed by atoms with Crippen molar-refractivity contribution in [3.63, 3.8) is 0 Å². The number of rotatable bonds is 6. The van der Waals surface area contributed by atoms with E-state index in [0.29, 0.717) is 12.7 Å². The summed E-state index contributed by atoms with van der Waals surface area (Å²) in [5.74, 6) is 3.12. The second kappa shape index (κ2) is 7.76. The van der Waals surface area contributed by atoms with Gasteiger partial charge < -0.3 is 20.1 Å². The van der Waals surface area contributed by atoms with E-state index in [1.807, 2.05) is 12.1 Å². The fourth-order valence-corrected chi connectivity index (χ4v) is 2.04. The van der Waals surface area contributed by atoms with Crippen molar-refractivity contribution in [3.8, 4) is 11.5 Å². The van der Waals surface area contributed by atoms with Crippen LogP contribution in [0.4, 0.5) is 0 Å². The van der Waals surface area contributed by atoms with E-state index in [2.05, 4.69) is 42.5 Å². The van der Waals surface area contributed by atoms with Crippen molar-refractivity contribution in [2.24, 2.45) is 10.9 Å². The lowest BCUT2D eigenvalue weighted by atomic mass is 10.1. The topological polar surface area (TPSA) is 54.9 Å². The van der Waals surface area contributed by atoms with Gasteiger partial charge in [0.25, 0.3) is 0 Å². The largest absolute Gasteiger partial charge is 0.454 e. The van der Waals surface area contributed by atoms with E-state index in [1.54, 1.807) is 0 Å². The Morgan fingerprint density at radius 1 is 1.24 bits per heavy atom. The highest BCUT2D eigenvalue weighted by Crippen LogP contribution is 2.32. The molecule has 0 aromatic heterocycles. The minimum absolute atomic E-state index is 0.323. The van der Waals surface area contributed by atoms with Gasteiger partial charge in [-0.3, -0.25) is 4.99 Å². The fraction of sp³-hybridized carbons (Fsp3) is 0.562. The summed E-state index contributed by atoms with van der Waals surface area (Å²) in [4.78, 5) is 4.55. The Bertz CT molecular complexity index is 486. The predicted molar refractivity (Wildman–Crippen MR) is 85.1 cm³/mol. The van der Waals surface area contributed by atoms with Crippen molar-refractivity contribution >= 4 is 5.96 Å². The molecule has 0 radical (unpaired) electrons. The third-order valence-corrected chi connectivity index (χ3v) is 3.10. The van der Waals surface area contributed by atoms with E-state index in [-0.39, 0.29) is 0 Å². The summed E-state index contributed by atoms with van der Waals surface area (Å²) in [6, 6.07) is 6.09. The maximum Gasteiger partial charge on any atom is 0.231 e. The van der Waals surface area contributed by atoms with Crippen molar-refractivity contribution in [2.45, 2.75) is 27.2 Å². The normalized spacial score (nSPS) is 13.6. The van der Waals surface area contributed by atoms with Gasteiger partial charge in [0.05, 0.1) is 0 Å². The first-order valence-electron chi connectivity index (χ1n) is 7.59. The highest BCUT2D eigenvalue weighted by molar-refractivity contribution is 5.79. The molecule has 0 saturated heterocycles. The van der Waals surface area contributed by atoms with Crippen LogP contribution >= 0.6 is 0 Å². The number of benzene rings is 1. The summed E-state index contributed by atoms with van der Waals surface area (Å²) < 4.78 is 10.7. The zero-order chi connectivity index (χ0) is 15.1. The Balaban J connectivity index is 1.82. The van der Waals surface area contributed by atoms with E-state index >= 15 is 0 Å². The summed E-state index contributed by atoms with van der Waals surface area (Å²) in [6.45, 7) is 9.27. The number of fused-ring (bicyclic) bond motifs is 1. The van der Waals surface area contributed by atoms with Gasteiger partial charge in [0.2, 0.25) is 6.79 Å². The lowest BCUT2D eigenvalue weighted by Gasteiger charge is -2.12. The molecule has 2 rings (SSSR count). The third kappa shape index (κ3) is 4.85. The zero-order valence-corrected chi connectivity index (χ0v) is 13.1. The fourth-order valence-electron chi connectivity index (χ4n) is 2.04. The molecule has 1 aromatic carbocycles. The molecular formula is C16H25N3O2. The third-order valence-electron chi connectivity index (χ3n) is 3.10. The van der Waals surface area contributed by atoms with Gasteiger partial charge >= 0.3 is 0 Å². The van der Waals surface area contributed by atoms with Crippen LogP contribution in [0.2, 0.25) is 0 Å². The molecule has 0 fully saturated rings. The number of hydrogen-bond acceptors (Lipinski definition) is 3. The van der Waals surface area contributed by atoms with Crippen LogP contribution in [0.15, 0.2) is 23.2 Å². The number of nitrogens with one attached hydrogen (secondary N) is 2. The first-order valence-corrected chi connectivity index (χ1v) is 7.59. The Labute approximate surface area is 126 Å². The highest BCUT2D eigenvalue weighted by Gasteiger charge is 2.12. The number of ether oxygens (including phenoxy) is 2. The van der Waals surface area contributed by atoms with Crippen molar-refractivity contribution in [1.29, 1.82) is 0 Å². The molecule has 116 valence electrons. The van der Waals surface area contributed by atoms with Crippen LogP contribution in [0.5, 0.6) is 11.5 Å². The lowest BCUT2D eigenvalue weighted by Crippen LogP contribution is -2.38. The monoisotopic (exact) mass is 291 g/mol. The standard InChI is InChI=1S/C16H25N3O2/c1-4-17-16(19-10-12(2)3)18-8-7-13-5-6-14-15(9-13)21-11-20-14/h5-6,9,12H,4,7-8,10-11H2,1-3H3,(H2,17,18,19). The molecule has 21 heavy (non-hydrogen) atoms. The molecule has 0 saturated carbocycles. The molecule has 5 nitrogen and oxygen atoms in total. The second-order valence-corrected chi connectivity index (χ2v) is 5.48. The van der Waals surface area contributed by atoms with Gasteiger partial charge in [0.15, 0.2) is 17.5 Å². The Hall–Kier alpha value is -1.91. The lowest BCUT2D eigenvalue weighted by molar-refractivity contribution is 0.174. The van der Waals surface area contributed by atoms with Crippen LogP contribution in [0.3, 0.4) is 0 Å². The minimum atomic E-state index is 0.323. The van der Waals surface area contributed by atoms with Crippen LogP contribution in [-0.2, 0) is 6.42 Å². The van der Waals surface area contributed by atoms with Crippen LogP contribution < -0.4 is 20.1 Å². The number of guanidine groups is 1. The summed E-state index contributed by atoms with van der Waals surface area (Å²) in [5.41, 5.74) is 1.23. The second-order valence-electron chi connectivity index (χ2n) is 5.48. The summed E-state index contributed by atoms with van der Waals surface area (Å²) >= 11 is 0. The van der Waals surface area contributed by atoms with E-state index < -0.39 is 0 Å². The van der Waals surface area contributed by atoms with Gasteiger partial charge in [0, 0.05) is 19.6 Å². The van der Waals surface area contributed by atoms with E-state index in [0.717, 1.165) is 43.5 Å². The van der Waals surface area contributed by atoms with Crippen LogP contribution in [0.25, 0.3) is 0 Å². The number of nitrogens with zero attached hydrogens (tertiary/aromatic N) is 1. The average Bonchev–Trinajstić information content (AvgIpc) is 2.92. The van der Waals surface area contributed by atoms with Crippen LogP contribution in [-0.4, -0.2) is 32.4 Å². The van der Waals surface area contributed by atoms with Crippen molar-refractivity contribution in [3.05, 3.63) is 23.8 Å². The highest BCUT2D eigenvalue weighted by atomic mass is 16.7.